The number of nitrogens with one attached hydrogen (secondary N) is 1. The van der Waals surface area contributed by atoms with Gasteiger partial charge in [-0.15, -0.1) is 0 Å². The lowest BCUT2D eigenvalue weighted by Gasteiger charge is -2.09. The highest BCUT2D eigenvalue weighted by Gasteiger charge is 2.16. The molecule has 0 aliphatic heterocycles. The standard InChI is InChI=1S/C19H14N2O4/c22-18-12-14(20-16-8-4-5-9-17(16)21(24)25)10-11-15(18)19(23)13-6-2-1-3-7-13/h1-12,20,22H. The van der Waals surface area contributed by atoms with E-state index in [0.717, 1.165) is 0 Å². The topological polar surface area (TPSA) is 92.5 Å². The number of nitro groups is 1. The summed E-state index contributed by atoms with van der Waals surface area (Å²) in [6, 6.07) is 19.3. The second-order valence-electron chi connectivity index (χ2n) is 5.33. The van der Waals surface area contributed by atoms with Gasteiger partial charge in [0.15, 0.2) is 5.78 Å². The number of carbonyl (C=O) groups excluding carboxylic acids is 1. The fraction of sp³-hybridized carbons (Fsp3) is 0. The van der Waals surface area contributed by atoms with E-state index in [1.54, 1.807) is 54.6 Å². The van der Waals surface area contributed by atoms with Gasteiger partial charge in [-0.2, -0.15) is 0 Å². The Hall–Kier alpha value is -3.67. The van der Waals surface area contributed by atoms with Gasteiger partial charge in [0.25, 0.3) is 5.69 Å². The Labute approximate surface area is 143 Å². The number of hydrogen-bond donors (Lipinski definition) is 2. The van der Waals surface area contributed by atoms with Crippen molar-refractivity contribution in [2.24, 2.45) is 0 Å². The Kier molecular flexibility index (Phi) is 4.43. The third-order valence-electron chi connectivity index (χ3n) is 3.66. The molecule has 25 heavy (non-hydrogen) atoms. The summed E-state index contributed by atoms with van der Waals surface area (Å²) in [4.78, 5) is 23.0. The fourth-order valence-electron chi connectivity index (χ4n) is 2.44. The lowest BCUT2D eigenvalue weighted by Crippen LogP contribution is -2.02. The molecule has 0 aromatic heterocycles. The first-order valence-corrected chi connectivity index (χ1v) is 7.49. The van der Waals surface area contributed by atoms with E-state index in [2.05, 4.69) is 5.32 Å². The molecule has 3 aromatic rings. The first-order valence-electron chi connectivity index (χ1n) is 7.49. The number of ketones is 1. The number of phenolic OH excluding ortho intramolecular Hbond substituents is 1. The molecule has 6 nitrogen and oxygen atoms in total. The summed E-state index contributed by atoms with van der Waals surface area (Å²) in [5, 5.41) is 24.1. The van der Waals surface area contributed by atoms with Gasteiger partial charge in [0.2, 0.25) is 0 Å². The van der Waals surface area contributed by atoms with E-state index in [0.29, 0.717) is 16.9 Å². The summed E-state index contributed by atoms with van der Waals surface area (Å²) in [5.74, 6) is -0.493. The highest BCUT2D eigenvalue weighted by molar-refractivity contribution is 6.10. The molecule has 0 amide bonds. The van der Waals surface area contributed by atoms with E-state index in [1.807, 2.05) is 0 Å². The van der Waals surface area contributed by atoms with E-state index in [9.17, 15) is 20.0 Å². The summed E-state index contributed by atoms with van der Waals surface area (Å²) in [6.07, 6.45) is 0. The lowest BCUT2D eigenvalue weighted by molar-refractivity contribution is -0.383. The third kappa shape index (κ3) is 3.48. The van der Waals surface area contributed by atoms with E-state index in [-0.39, 0.29) is 22.8 Å². The second kappa shape index (κ2) is 6.84. The van der Waals surface area contributed by atoms with Gasteiger partial charge < -0.3 is 10.4 Å². The maximum Gasteiger partial charge on any atom is 0.292 e. The van der Waals surface area contributed by atoms with Crippen molar-refractivity contribution in [1.82, 2.24) is 0 Å². The molecule has 0 aliphatic carbocycles. The zero-order valence-electron chi connectivity index (χ0n) is 13.0. The quantitative estimate of drug-likeness (QED) is 0.413. The third-order valence-corrected chi connectivity index (χ3v) is 3.66. The predicted molar refractivity (Wildman–Crippen MR) is 94.4 cm³/mol. The number of nitro benzene ring substituents is 1. The molecule has 2 N–H and O–H groups in total. The van der Waals surface area contributed by atoms with Gasteiger partial charge >= 0.3 is 0 Å². The van der Waals surface area contributed by atoms with Gasteiger partial charge in [-0.1, -0.05) is 42.5 Å². The van der Waals surface area contributed by atoms with Crippen LogP contribution in [0.3, 0.4) is 0 Å². The molecule has 0 unspecified atom stereocenters. The van der Waals surface area contributed by atoms with Crippen LogP contribution < -0.4 is 5.32 Å². The number of benzene rings is 3. The van der Waals surface area contributed by atoms with Crippen LogP contribution >= 0.6 is 0 Å². The van der Waals surface area contributed by atoms with Crippen LogP contribution in [0.5, 0.6) is 5.75 Å². The first kappa shape index (κ1) is 16.2. The molecule has 3 rings (SSSR count). The monoisotopic (exact) mass is 334 g/mol. The van der Waals surface area contributed by atoms with Gasteiger partial charge in [-0.25, -0.2) is 0 Å². The molecule has 0 bridgehead atoms. The second-order valence-corrected chi connectivity index (χ2v) is 5.33. The van der Waals surface area contributed by atoms with Crippen LogP contribution in [-0.4, -0.2) is 15.8 Å². The minimum atomic E-state index is -0.491. The molecule has 0 fully saturated rings. The Bertz CT molecular complexity index is 939. The normalized spacial score (nSPS) is 10.2. The first-order chi connectivity index (χ1) is 12.1. The number of anilines is 2. The van der Waals surface area contributed by atoms with Crippen molar-refractivity contribution in [3.63, 3.8) is 0 Å². The molecule has 3 aromatic carbocycles. The van der Waals surface area contributed by atoms with E-state index in [4.69, 9.17) is 0 Å². The van der Waals surface area contributed by atoms with E-state index >= 15 is 0 Å². The number of aromatic hydroxyl groups is 1. The molecule has 0 radical (unpaired) electrons. The van der Waals surface area contributed by atoms with Crippen molar-refractivity contribution < 1.29 is 14.8 Å². The average Bonchev–Trinajstić information content (AvgIpc) is 2.62. The summed E-state index contributed by atoms with van der Waals surface area (Å²) in [7, 11) is 0. The van der Waals surface area contributed by atoms with Crippen LogP contribution in [0.15, 0.2) is 72.8 Å². The lowest BCUT2D eigenvalue weighted by atomic mass is 10.0. The zero-order valence-corrected chi connectivity index (χ0v) is 13.0. The maximum atomic E-state index is 12.4. The van der Waals surface area contributed by atoms with Crippen LogP contribution in [0.1, 0.15) is 15.9 Å². The van der Waals surface area contributed by atoms with Crippen LogP contribution in [0.2, 0.25) is 0 Å². The van der Waals surface area contributed by atoms with E-state index in [1.165, 1.54) is 18.2 Å². The maximum absolute atomic E-state index is 12.4. The summed E-state index contributed by atoms with van der Waals surface area (Å²) >= 11 is 0. The molecule has 6 heteroatoms. The predicted octanol–water partition coefficient (Wildman–Crippen LogP) is 4.28. The molecule has 124 valence electrons. The summed E-state index contributed by atoms with van der Waals surface area (Å²) < 4.78 is 0. The molecular weight excluding hydrogens is 320 g/mol. The SMILES string of the molecule is O=C(c1ccccc1)c1ccc(Nc2ccccc2[N+](=O)[O-])cc1O. The molecule has 0 saturated carbocycles. The number of nitrogens with zero attached hydrogens (tertiary/aromatic N) is 1. The van der Waals surface area contributed by atoms with Gasteiger partial charge in [-0.05, 0) is 18.2 Å². The van der Waals surface area contributed by atoms with Crippen molar-refractivity contribution in [1.29, 1.82) is 0 Å². The molecule has 0 aliphatic rings. The summed E-state index contributed by atoms with van der Waals surface area (Å²) in [5.41, 5.74) is 1.30. The van der Waals surface area contributed by atoms with Crippen molar-refractivity contribution in [2.45, 2.75) is 0 Å². The van der Waals surface area contributed by atoms with Crippen LogP contribution in [0, 0.1) is 10.1 Å². The number of phenols is 1. The zero-order chi connectivity index (χ0) is 17.8. The van der Waals surface area contributed by atoms with Gasteiger partial charge in [0.05, 0.1) is 10.5 Å². The number of rotatable bonds is 5. The minimum absolute atomic E-state index is 0.0774. The Morgan fingerprint density at radius 1 is 0.960 bits per heavy atom. The largest absolute Gasteiger partial charge is 0.507 e. The Morgan fingerprint density at radius 3 is 2.32 bits per heavy atom. The summed E-state index contributed by atoms with van der Waals surface area (Å²) in [6.45, 7) is 0. The number of para-hydroxylation sites is 2. The number of hydrogen-bond acceptors (Lipinski definition) is 5. The van der Waals surface area contributed by atoms with Crippen LogP contribution in [-0.2, 0) is 0 Å². The van der Waals surface area contributed by atoms with Gasteiger partial charge in [0, 0.05) is 23.4 Å². The number of carbonyl (C=O) groups is 1. The van der Waals surface area contributed by atoms with Crippen LogP contribution in [0.4, 0.5) is 17.1 Å². The van der Waals surface area contributed by atoms with E-state index < -0.39 is 4.92 Å². The van der Waals surface area contributed by atoms with Gasteiger partial charge in [0.1, 0.15) is 11.4 Å². The van der Waals surface area contributed by atoms with Gasteiger partial charge in [-0.3, -0.25) is 14.9 Å². The van der Waals surface area contributed by atoms with Crippen molar-refractivity contribution >= 4 is 22.8 Å². The minimum Gasteiger partial charge on any atom is -0.507 e. The molecular formula is C19H14N2O4. The highest BCUT2D eigenvalue weighted by atomic mass is 16.6. The fourth-order valence-corrected chi connectivity index (χ4v) is 2.44. The average molecular weight is 334 g/mol. The molecule has 0 atom stereocenters. The Morgan fingerprint density at radius 2 is 1.64 bits per heavy atom. The highest BCUT2D eigenvalue weighted by Crippen LogP contribution is 2.30. The van der Waals surface area contributed by atoms with Crippen molar-refractivity contribution in [2.75, 3.05) is 5.32 Å². The van der Waals surface area contributed by atoms with Crippen LogP contribution in [0.25, 0.3) is 0 Å². The molecule has 0 saturated heterocycles. The molecule has 0 spiro atoms. The Balaban J connectivity index is 1.88. The van der Waals surface area contributed by atoms with Crippen molar-refractivity contribution in [3.8, 4) is 5.75 Å². The smallest absolute Gasteiger partial charge is 0.292 e. The molecule has 0 heterocycles. The van der Waals surface area contributed by atoms with Crippen molar-refractivity contribution in [3.05, 3.63) is 94.0 Å².